The summed E-state index contributed by atoms with van der Waals surface area (Å²) in [5.74, 6) is -0.198. The zero-order valence-electron chi connectivity index (χ0n) is 12.9. The zero-order chi connectivity index (χ0) is 15.8. The summed E-state index contributed by atoms with van der Waals surface area (Å²) >= 11 is 0. The van der Waals surface area contributed by atoms with Gasteiger partial charge in [0.1, 0.15) is 5.82 Å². The summed E-state index contributed by atoms with van der Waals surface area (Å²) < 4.78 is 13.6. The number of benzene rings is 1. The molecule has 0 aromatic heterocycles. The van der Waals surface area contributed by atoms with E-state index < -0.39 is 0 Å². The molecule has 0 saturated carbocycles. The van der Waals surface area contributed by atoms with Crippen LogP contribution in [0.4, 0.5) is 4.39 Å². The molecule has 0 aliphatic heterocycles. The Kier molecular flexibility index (Phi) is 6.85. The van der Waals surface area contributed by atoms with E-state index in [2.05, 4.69) is 5.32 Å². The molecule has 0 aliphatic carbocycles. The average Bonchev–Trinajstić information content (AvgIpc) is 2.38. The van der Waals surface area contributed by atoms with Crippen LogP contribution in [0, 0.1) is 11.7 Å². The van der Waals surface area contributed by atoms with Crippen molar-refractivity contribution in [3.05, 3.63) is 35.6 Å². The summed E-state index contributed by atoms with van der Waals surface area (Å²) in [6.07, 6.45) is 0.466. The van der Waals surface area contributed by atoms with Crippen LogP contribution in [0.15, 0.2) is 24.3 Å². The molecule has 0 aliphatic rings. The highest BCUT2D eigenvalue weighted by Crippen LogP contribution is 2.09. The Morgan fingerprint density at radius 2 is 1.95 bits per heavy atom. The molecule has 5 heteroatoms. The standard InChI is InChI=1S/C16H23FN2O2/c1-12(2)10-16(21)18-8-9-19(13(3)20)11-14-6-4-5-7-15(14)17/h4-7,12H,8-11H2,1-3H3,(H,18,21). The number of halogens is 1. The number of carbonyl (C=O) groups excluding carboxylic acids is 2. The highest BCUT2D eigenvalue weighted by Gasteiger charge is 2.12. The molecule has 0 spiro atoms. The van der Waals surface area contributed by atoms with Crippen molar-refractivity contribution in [3.8, 4) is 0 Å². The number of rotatable bonds is 7. The summed E-state index contributed by atoms with van der Waals surface area (Å²) in [7, 11) is 0. The van der Waals surface area contributed by atoms with Crippen LogP contribution in [0.1, 0.15) is 32.8 Å². The van der Waals surface area contributed by atoms with Gasteiger partial charge in [0.15, 0.2) is 0 Å². The fourth-order valence-electron chi connectivity index (χ4n) is 1.95. The van der Waals surface area contributed by atoms with Gasteiger partial charge in [-0.1, -0.05) is 32.0 Å². The highest BCUT2D eigenvalue weighted by molar-refractivity contribution is 5.76. The number of hydrogen-bond donors (Lipinski definition) is 1. The minimum atomic E-state index is -0.326. The van der Waals surface area contributed by atoms with Crippen molar-refractivity contribution >= 4 is 11.8 Å². The monoisotopic (exact) mass is 294 g/mol. The fraction of sp³-hybridized carbons (Fsp3) is 0.500. The minimum Gasteiger partial charge on any atom is -0.354 e. The second-order valence-electron chi connectivity index (χ2n) is 5.48. The van der Waals surface area contributed by atoms with Gasteiger partial charge in [-0.15, -0.1) is 0 Å². The van der Waals surface area contributed by atoms with Gasteiger partial charge in [-0.3, -0.25) is 9.59 Å². The second kappa shape index (κ2) is 8.39. The molecule has 0 bridgehead atoms. The molecule has 1 rings (SSSR count). The SMILES string of the molecule is CC(=O)N(CCNC(=O)CC(C)C)Cc1ccccc1F. The topological polar surface area (TPSA) is 49.4 Å². The van der Waals surface area contributed by atoms with Gasteiger partial charge < -0.3 is 10.2 Å². The Balaban J connectivity index is 2.50. The molecule has 116 valence electrons. The summed E-state index contributed by atoms with van der Waals surface area (Å²) in [5.41, 5.74) is 0.473. The van der Waals surface area contributed by atoms with Crippen molar-refractivity contribution < 1.29 is 14.0 Å². The zero-order valence-corrected chi connectivity index (χ0v) is 12.9. The number of hydrogen-bond acceptors (Lipinski definition) is 2. The van der Waals surface area contributed by atoms with Gasteiger partial charge in [0.05, 0.1) is 0 Å². The van der Waals surface area contributed by atoms with Crippen LogP contribution in [-0.4, -0.2) is 29.8 Å². The molecule has 0 atom stereocenters. The van der Waals surface area contributed by atoms with Crippen molar-refractivity contribution in [1.29, 1.82) is 0 Å². The lowest BCUT2D eigenvalue weighted by molar-refractivity contribution is -0.130. The molecular formula is C16H23FN2O2. The van der Waals surface area contributed by atoms with E-state index in [9.17, 15) is 14.0 Å². The largest absolute Gasteiger partial charge is 0.354 e. The molecule has 0 unspecified atom stereocenters. The van der Waals surface area contributed by atoms with Crippen LogP contribution < -0.4 is 5.32 Å². The van der Waals surface area contributed by atoms with Crippen LogP contribution in [0.25, 0.3) is 0 Å². The van der Waals surface area contributed by atoms with Crippen LogP contribution in [0.3, 0.4) is 0 Å². The second-order valence-corrected chi connectivity index (χ2v) is 5.48. The van der Waals surface area contributed by atoms with Gasteiger partial charge in [0.25, 0.3) is 0 Å². The molecule has 2 amide bonds. The van der Waals surface area contributed by atoms with Crippen LogP contribution in [0.5, 0.6) is 0 Å². The molecule has 1 aromatic carbocycles. The smallest absolute Gasteiger partial charge is 0.220 e. The van der Waals surface area contributed by atoms with E-state index in [1.165, 1.54) is 17.9 Å². The van der Waals surface area contributed by atoms with Gasteiger partial charge in [-0.25, -0.2) is 4.39 Å². The van der Waals surface area contributed by atoms with E-state index >= 15 is 0 Å². The number of nitrogens with zero attached hydrogens (tertiary/aromatic N) is 1. The van der Waals surface area contributed by atoms with E-state index in [-0.39, 0.29) is 24.2 Å². The number of amides is 2. The third kappa shape index (κ3) is 6.38. The molecule has 21 heavy (non-hydrogen) atoms. The molecule has 0 fully saturated rings. The van der Waals surface area contributed by atoms with E-state index in [0.29, 0.717) is 31.0 Å². The van der Waals surface area contributed by atoms with Crippen molar-refractivity contribution in [2.75, 3.05) is 13.1 Å². The maximum absolute atomic E-state index is 13.6. The third-order valence-electron chi connectivity index (χ3n) is 3.06. The molecule has 0 radical (unpaired) electrons. The van der Waals surface area contributed by atoms with Crippen LogP contribution in [0.2, 0.25) is 0 Å². The Hall–Kier alpha value is -1.91. The van der Waals surface area contributed by atoms with Crippen molar-refractivity contribution in [2.45, 2.75) is 33.7 Å². The Morgan fingerprint density at radius 1 is 1.29 bits per heavy atom. The van der Waals surface area contributed by atoms with E-state index in [1.54, 1.807) is 18.2 Å². The van der Waals surface area contributed by atoms with E-state index in [4.69, 9.17) is 0 Å². The van der Waals surface area contributed by atoms with E-state index in [0.717, 1.165) is 0 Å². The summed E-state index contributed by atoms with van der Waals surface area (Å²) in [6, 6.07) is 6.38. The number of nitrogens with one attached hydrogen (secondary N) is 1. The van der Waals surface area contributed by atoms with Gasteiger partial charge >= 0.3 is 0 Å². The summed E-state index contributed by atoms with van der Waals surface area (Å²) in [5, 5.41) is 2.77. The van der Waals surface area contributed by atoms with Crippen LogP contribution >= 0.6 is 0 Å². The van der Waals surface area contributed by atoms with E-state index in [1.807, 2.05) is 13.8 Å². The summed E-state index contributed by atoms with van der Waals surface area (Å²) in [4.78, 5) is 24.7. The van der Waals surface area contributed by atoms with Crippen LogP contribution in [-0.2, 0) is 16.1 Å². The lowest BCUT2D eigenvalue weighted by atomic mass is 10.1. The molecule has 0 saturated heterocycles. The van der Waals surface area contributed by atoms with Crippen molar-refractivity contribution in [3.63, 3.8) is 0 Å². The molecule has 1 aromatic rings. The predicted molar refractivity (Wildman–Crippen MR) is 80.0 cm³/mol. The lowest BCUT2D eigenvalue weighted by Crippen LogP contribution is -2.37. The Bertz CT molecular complexity index is 489. The quantitative estimate of drug-likeness (QED) is 0.839. The fourth-order valence-corrected chi connectivity index (χ4v) is 1.95. The first-order valence-electron chi connectivity index (χ1n) is 7.15. The molecular weight excluding hydrogens is 271 g/mol. The molecule has 1 N–H and O–H groups in total. The van der Waals surface area contributed by atoms with Gasteiger partial charge in [-0.05, 0) is 12.0 Å². The summed E-state index contributed by atoms with van der Waals surface area (Å²) in [6.45, 7) is 6.34. The Morgan fingerprint density at radius 3 is 2.52 bits per heavy atom. The minimum absolute atomic E-state index is 0.0283. The molecule has 0 heterocycles. The Labute approximate surface area is 125 Å². The van der Waals surface area contributed by atoms with Gasteiger partial charge in [-0.2, -0.15) is 0 Å². The highest BCUT2D eigenvalue weighted by atomic mass is 19.1. The first kappa shape index (κ1) is 17.1. The van der Waals surface area contributed by atoms with Gasteiger partial charge in [0, 0.05) is 38.5 Å². The normalized spacial score (nSPS) is 10.5. The maximum Gasteiger partial charge on any atom is 0.220 e. The number of carbonyl (C=O) groups is 2. The lowest BCUT2D eigenvalue weighted by Gasteiger charge is -2.21. The molecule has 4 nitrogen and oxygen atoms in total. The maximum atomic E-state index is 13.6. The first-order chi connectivity index (χ1) is 9.90. The van der Waals surface area contributed by atoms with Gasteiger partial charge in [0.2, 0.25) is 11.8 Å². The predicted octanol–water partition coefficient (Wildman–Crippen LogP) is 2.34. The average molecular weight is 294 g/mol. The first-order valence-corrected chi connectivity index (χ1v) is 7.15. The third-order valence-corrected chi connectivity index (χ3v) is 3.06. The van der Waals surface area contributed by atoms with Crippen molar-refractivity contribution in [2.24, 2.45) is 5.92 Å². The van der Waals surface area contributed by atoms with Crippen molar-refractivity contribution in [1.82, 2.24) is 10.2 Å².